The molecule has 15 heavy (non-hydrogen) atoms. The van der Waals surface area contributed by atoms with Crippen molar-refractivity contribution in [3.8, 4) is 0 Å². The highest BCUT2D eigenvalue weighted by Gasteiger charge is 2.19. The number of carbonyl (C=O) groups is 1. The van der Waals surface area contributed by atoms with Crippen molar-refractivity contribution in [1.29, 1.82) is 0 Å². The van der Waals surface area contributed by atoms with Crippen molar-refractivity contribution in [3.63, 3.8) is 0 Å². The number of hydrogen-bond acceptors (Lipinski definition) is 1. The van der Waals surface area contributed by atoms with E-state index in [0.29, 0.717) is 15.7 Å². The molecule has 0 aromatic heterocycles. The zero-order chi connectivity index (χ0) is 11.6. The minimum absolute atomic E-state index is 0.0614. The van der Waals surface area contributed by atoms with E-state index in [0.717, 1.165) is 0 Å². The zero-order valence-electron chi connectivity index (χ0n) is 8.30. The first-order chi connectivity index (χ1) is 6.93. The Hall–Kier alpha value is -0.440. The van der Waals surface area contributed by atoms with Crippen LogP contribution in [-0.4, -0.2) is 11.4 Å². The van der Waals surface area contributed by atoms with Crippen LogP contribution in [0.3, 0.4) is 0 Å². The maximum Gasteiger partial charge on any atom is 0.321 e. The topological polar surface area (TPSA) is 20.3 Å². The monoisotopic (exact) mass is 265 g/mol. The molecule has 0 fully saturated rings. The van der Waals surface area contributed by atoms with Gasteiger partial charge in [0.15, 0.2) is 0 Å². The Morgan fingerprint density at radius 1 is 1.33 bits per heavy atom. The summed E-state index contributed by atoms with van der Waals surface area (Å²) in [6.45, 7) is 3.70. The number of hydrogen-bond donors (Lipinski definition) is 0. The molecule has 0 bridgehead atoms. The Morgan fingerprint density at radius 3 is 2.33 bits per heavy atom. The van der Waals surface area contributed by atoms with Gasteiger partial charge >= 0.3 is 5.37 Å². The van der Waals surface area contributed by atoms with Gasteiger partial charge in [0.1, 0.15) is 0 Å². The molecule has 0 aliphatic carbocycles. The van der Waals surface area contributed by atoms with Crippen LogP contribution in [0.4, 0.5) is 10.5 Å². The summed E-state index contributed by atoms with van der Waals surface area (Å²) in [4.78, 5) is 12.6. The van der Waals surface area contributed by atoms with Crippen LogP contribution < -0.4 is 4.90 Å². The summed E-state index contributed by atoms with van der Waals surface area (Å²) in [5.41, 5.74) is 0.566. The lowest BCUT2D eigenvalue weighted by atomic mass is 10.2. The van der Waals surface area contributed by atoms with Gasteiger partial charge in [0.25, 0.3) is 0 Å². The average Bonchev–Trinajstić information content (AvgIpc) is 2.08. The molecule has 0 spiro atoms. The van der Waals surface area contributed by atoms with E-state index in [9.17, 15) is 4.79 Å². The molecule has 1 aromatic rings. The second kappa shape index (κ2) is 5.06. The Kier molecular flexibility index (Phi) is 4.26. The molecule has 0 aliphatic rings. The predicted molar refractivity (Wildman–Crippen MR) is 65.3 cm³/mol. The third kappa shape index (κ3) is 3.00. The van der Waals surface area contributed by atoms with Crippen LogP contribution in [0, 0.1) is 0 Å². The summed E-state index contributed by atoms with van der Waals surface area (Å²) in [6.07, 6.45) is 0. The molecule has 0 atom stereocenters. The molecule has 82 valence electrons. The molecular formula is C10H10Cl3NO. The molecule has 0 radical (unpaired) electrons. The number of halogens is 3. The molecule has 1 rings (SSSR count). The first-order valence-electron chi connectivity index (χ1n) is 4.37. The zero-order valence-corrected chi connectivity index (χ0v) is 10.6. The largest absolute Gasteiger partial charge is 0.321 e. The molecule has 0 heterocycles. The lowest BCUT2D eigenvalue weighted by Gasteiger charge is -2.25. The molecule has 0 unspecified atom stereocenters. The number of rotatable bonds is 2. The number of anilines is 1. The quantitative estimate of drug-likeness (QED) is 0.567. The molecule has 0 saturated heterocycles. The summed E-state index contributed by atoms with van der Waals surface area (Å²) in [7, 11) is 0. The number of nitrogens with zero attached hydrogens (tertiary/aromatic N) is 1. The van der Waals surface area contributed by atoms with Crippen LogP contribution in [0.1, 0.15) is 13.8 Å². The molecular weight excluding hydrogens is 256 g/mol. The van der Waals surface area contributed by atoms with E-state index < -0.39 is 5.37 Å². The van der Waals surface area contributed by atoms with Crippen LogP contribution in [-0.2, 0) is 0 Å². The third-order valence-electron chi connectivity index (χ3n) is 1.88. The third-order valence-corrected chi connectivity index (χ3v) is 2.59. The van der Waals surface area contributed by atoms with Crippen LogP contribution in [0.25, 0.3) is 0 Å². The Bertz CT molecular complexity index is 379. The minimum atomic E-state index is -0.561. The van der Waals surface area contributed by atoms with Crippen molar-refractivity contribution in [1.82, 2.24) is 0 Å². The second-order valence-electron chi connectivity index (χ2n) is 3.31. The Morgan fingerprint density at radius 2 is 1.93 bits per heavy atom. The average molecular weight is 267 g/mol. The van der Waals surface area contributed by atoms with Crippen LogP contribution in [0.15, 0.2) is 18.2 Å². The van der Waals surface area contributed by atoms with E-state index >= 15 is 0 Å². The van der Waals surface area contributed by atoms with Crippen LogP contribution in [0.2, 0.25) is 10.0 Å². The fraction of sp³-hybridized carbons (Fsp3) is 0.300. The molecule has 5 heteroatoms. The van der Waals surface area contributed by atoms with Gasteiger partial charge in [0.2, 0.25) is 0 Å². The maximum atomic E-state index is 11.2. The highest BCUT2D eigenvalue weighted by molar-refractivity contribution is 6.66. The number of carbonyl (C=O) groups excluding carboxylic acids is 1. The van der Waals surface area contributed by atoms with Crippen molar-refractivity contribution < 1.29 is 4.79 Å². The smallest absolute Gasteiger partial charge is 0.295 e. The van der Waals surface area contributed by atoms with Crippen molar-refractivity contribution in [2.75, 3.05) is 4.90 Å². The van der Waals surface area contributed by atoms with Crippen LogP contribution >= 0.6 is 34.8 Å². The van der Waals surface area contributed by atoms with Gasteiger partial charge in [0.05, 0.1) is 10.7 Å². The second-order valence-corrected chi connectivity index (χ2v) is 4.48. The fourth-order valence-corrected chi connectivity index (χ4v) is 2.04. The molecule has 0 aliphatic heterocycles. The van der Waals surface area contributed by atoms with Gasteiger partial charge < -0.3 is 0 Å². The first kappa shape index (κ1) is 12.6. The predicted octanol–water partition coefficient (Wildman–Crippen LogP) is 4.57. The summed E-state index contributed by atoms with van der Waals surface area (Å²) in [5, 5.41) is 0.369. The fourth-order valence-electron chi connectivity index (χ4n) is 1.25. The normalized spacial score (nSPS) is 10.5. The van der Waals surface area contributed by atoms with E-state index in [-0.39, 0.29) is 6.04 Å². The molecule has 1 aromatic carbocycles. The number of amides is 1. The van der Waals surface area contributed by atoms with Crippen LogP contribution in [0.5, 0.6) is 0 Å². The van der Waals surface area contributed by atoms with Gasteiger partial charge in [-0.05, 0) is 43.6 Å². The van der Waals surface area contributed by atoms with E-state index in [1.54, 1.807) is 18.2 Å². The van der Waals surface area contributed by atoms with Gasteiger partial charge in [0, 0.05) is 11.1 Å². The lowest BCUT2D eigenvalue weighted by molar-refractivity contribution is 0.263. The van der Waals surface area contributed by atoms with Crippen molar-refractivity contribution in [2.24, 2.45) is 0 Å². The standard InChI is InChI=1S/C10H10Cl3NO/c1-6(2)14(10(13)15)9-4-3-7(11)5-8(9)12/h3-6H,1-2H3. The van der Waals surface area contributed by atoms with Crippen molar-refractivity contribution in [2.45, 2.75) is 19.9 Å². The first-order valence-corrected chi connectivity index (χ1v) is 5.50. The van der Waals surface area contributed by atoms with Gasteiger partial charge in [-0.2, -0.15) is 0 Å². The number of benzene rings is 1. The minimum Gasteiger partial charge on any atom is -0.295 e. The SMILES string of the molecule is CC(C)N(C(=O)Cl)c1ccc(Cl)cc1Cl. The summed E-state index contributed by atoms with van der Waals surface area (Å²) in [6, 6.07) is 4.85. The molecule has 2 nitrogen and oxygen atoms in total. The summed E-state index contributed by atoms with van der Waals surface area (Å²) in [5.74, 6) is 0. The Balaban J connectivity index is 3.17. The van der Waals surface area contributed by atoms with E-state index in [1.807, 2.05) is 13.8 Å². The van der Waals surface area contributed by atoms with E-state index in [1.165, 1.54) is 4.90 Å². The van der Waals surface area contributed by atoms with Gasteiger partial charge in [-0.3, -0.25) is 9.69 Å². The van der Waals surface area contributed by atoms with E-state index in [4.69, 9.17) is 34.8 Å². The molecule has 1 amide bonds. The van der Waals surface area contributed by atoms with Crippen molar-refractivity contribution in [3.05, 3.63) is 28.2 Å². The molecule has 0 saturated carbocycles. The summed E-state index contributed by atoms with van der Waals surface area (Å²) >= 11 is 17.2. The highest BCUT2D eigenvalue weighted by Crippen LogP contribution is 2.30. The van der Waals surface area contributed by atoms with Gasteiger partial charge in [-0.25, -0.2) is 0 Å². The maximum absolute atomic E-state index is 11.2. The van der Waals surface area contributed by atoms with Gasteiger partial charge in [-0.1, -0.05) is 23.2 Å². The van der Waals surface area contributed by atoms with E-state index in [2.05, 4.69) is 0 Å². The Labute approximate surface area is 104 Å². The molecule has 0 N–H and O–H groups in total. The van der Waals surface area contributed by atoms with Gasteiger partial charge in [-0.15, -0.1) is 0 Å². The lowest BCUT2D eigenvalue weighted by Crippen LogP contribution is -2.33. The highest BCUT2D eigenvalue weighted by atomic mass is 35.5. The summed E-state index contributed by atoms with van der Waals surface area (Å²) < 4.78 is 0. The van der Waals surface area contributed by atoms with Crippen molar-refractivity contribution >= 4 is 45.9 Å².